The number of unbranched alkanes of at least 4 members (excludes halogenated alkanes) is 1. The highest BCUT2D eigenvalue weighted by atomic mass is 127. The summed E-state index contributed by atoms with van der Waals surface area (Å²) in [6.45, 7) is 2.65. The van der Waals surface area contributed by atoms with Crippen molar-refractivity contribution in [2.45, 2.75) is 24.2 Å². The van der Waals surface area contributed by atoms with Gasteiger partial charge in [-0.25, -0.2) is 9.37 Å². The van der Waals surface area contributed by atoms with Gasteiger partial charge in [-0.05, 0) is 61.4 Å². The number of benzene rings is 1. The van der Waals surface area contributed by atoms with E-state index in [1.54, 1.807) is 25.0 Å². The average molecular weight is 517 g/mol. The molecular formula is C20H29FIN5S. The van der Waals surface area contributed by atoms with E-state index in [1.165, 1.54) is 12.1 Å². The third-order valence-electron chi connectivity index (χ3n) is 3.79. The van der Waals surface area contributed by atoms with E-state index in [4.69, 9.17) is 0 Å². The fraction of sp³-hybridized carbons (Fsp3) is 0.400. The Labute approximate surface area is 188 Å². The van der Waals surface area contributed by atoms with Crippen molar-refractivity contribution < 1.29 is 4.39 Å². The van der Waals surface area contributed by atoms with E-state index in [0.717, 1.165) is 61.3 Å². The van der Waals surface area contributed by atoms with E-state index in [9.17, 15) is 4.39 Å². The summed E-state index contributed by atoms with van der Waals surface area (Å²) in [6, 6.07) is 12.5. The van der Waals surface area contributed by atoms with Crippen molar-refractivity contribution >= 4 is 47.5 Å². The summed E-state index contributed by atoms with van der Waals surface area (Å²) in [7, 11) is 1.78. The van der Waals surface area contributed by atoms with Crippen molar-refractivity contribution in [1.29, 1.82) is 0 Å². The van der Waals surface area contributed by atoms with E-state index in [-0.39, 0.29) is 29.8 Å². The first-order valence-electron chi connectivity index (χ1n) is 9.26. The van der Waals surface area contributed by atoms with Crippen LogP contribution in [0.1, 0.15) is 19.3 Å². The lowest BCUT2D eigenvalue weighted by molar-refractivity contribution is 0.626. The van der Waals surface area contributed by atoms with Crippen LogP contribution in [-0.4, -0.2) is 43.4 Å². The maximum atomic E-state index is 12.9. The van der Waals surface area contributed by atoms with Gasteiger partial charge in [0.2, 0.25) is 0 Å². The number of nitrogens with zero attached hydrogens (tertiary/aromatic N) is 2. The number of anilines is 1. The lowest BCUT2D eigenvalue weighted by Crippen LogP contribution is -2.38. The Hall–Kier alpha value is -1.55. The summed E-state index contributed by atoms with van der Waals surface area (Å²) >= 11 is 1.73. The van der Waals surface area contributed by atoms with E-state index < -0.39 is 0 Å². The fourth-order valence-electron chi connectivity index (χ4n) is 2.36. The molecule has 2 aromatic rings. The summed E-state index contributed by atoms with van der Waals surface area (Å²) in [5.74, 6) is 2.54. The zero-order chi connectivity index (χ0) is 19.2. The molecule has 0 radical (unpaired) electrons. The second-order valence-corrected chi connectivity index (χ2v) is 7.10. The third kappa shape index (κ3) is 10.7. The largest absolute Gasteiger partial charge is 0.370 e. The fourth-order valence-corrected chi connectivity index (χ4v) is 3.21. The normalized spacial score (nSPS) is 10.9. The van der Waals surface area contributed by atoms with Gasteiger partial charge in [0.15, 0.2) is 5.96 Å². The standard InChI is InChI=1S/C20H28FN5S.HI/c1-22-20(25-14-5-4-13-24-19-7-2-3-12-23-19)26-15-6-16-27-18-10-8-17(21)9-11-18;/h2-3,7-12H,4-6,13-16H2,1H3,(H,23,24)(H2,22,25,26);1H. The Balaban J connectivity index is 0.00000392. The van der Waals surface area contributed by atoms with Crippen LogP contribution in [0.2, 0.25) is 0 Å². The van der Waals surface area contributed by atoms with Crippen molar-refractivity contribution in [1.82, 2.24) is 15.6 Å². The van der Waals surface area contributed by atoms with Crippen LogP contribution in [-0.2, 0) is 0 Å². The molecule has 0 saturated heterocycles. The van der Waals surface area contributed by atoms with Gasteiger partial charge in [-0.3, -0.25) is 4.99 Å². The van der Waals surface area contributed by atoms with Crippen LogP contribution in [0, 0.1) is 5.82 Å². The number of halogens is 2. The Kier molecular flexibility index (Phi) is 13.5. The number of rotatable bonds is 11. The van der Waals surface area contributed by atoms with Crippen LogP contribution in [0.4, 0.5) is 10.2 Å². The van der Waals surface area contributed by atoms with Gasteiger partial charge < -0.3 is 16.0 Å². The molecule has 0 atom stereocenters. The van der Waals surface area contributed by atoms with E-state index in [0.29, 0.717) is 0 Å². The van der Waals surface area contributed by atoms with Crippen molar-refractivity contribution in [3.05, 3.63) is 54.5 Å². The summed E-state index contributed by atoms with van der Waals surface area (Å²) < 4.78 is 12.9. The minimum absolute atomic E-state index is 0. The van der Waals surface area contributed by atoms with Crippen molar-refractivity contribution in [3.63, 3.8) is 0 Å². The number of aliphatic imine (C=N–C) groups is 1. The molecular weight excluding hydrogens is 488 g/mol. The first-order valence-corrected chi connectivity index (χ1v) is 10.2. The SMILES string of the molecule is CN=C(NCCCCNc1ccccn1)NCCCSc1ccc(F)cc1.I. The Morgan fingerprint density at radius 2 is 1.71 bits per heavy atom. The molecule has 0 aliphatic rings. The molecule has 5 nitrogen and oxygen atoms in total. The zero-order valence-corrected chi connectivity index (χ0v) is 19.3. The highest BCUT2D eigenvalue weighted by Crippen LogP contribution is 2.18. The molecule has 0 amide bonds. The number of guanidine groups is 1. The topological polar surface area (TPSA) is 61.3 Å². The highest BCUT2D eigenvalue weighted by Gasteiger charge is 1.99. The van der Waals surface area contributed by atoms with Crippen LogP contribution in [0.15, 0.2) is 58.5 Å². The van der Waals surface area contributed by atoms with Crippen LogP contribution >= 0.6 is 35.7 Å². The maximum absolute atomic E-state index is 12.9. The van der Waals surface area contributed by atoms with Crippen molar-refractivity contribution in [2.24, 2.45) is 4.99 Å². The summed E-state index contributed by atoms with van der Waals surface area (Å²) in [6.07, 6.45) is 4.92. The molecule has 0 spiro atoms. The predicted octanol–water partition coefficient (Wildman–Crippen LogP) is 4.38. The molecule has 28 heavy (non-hydrogen) atoms. The van der Waals surface area contributed by atoms with Gasteiger partial charge in [-0.2, -0.15) is 0 Å². The minimum atomic E-state index is -0.191. The maximum Gasteiger partial charge on any atom is 0.190 e. The molecule has 0 fully saturated rings. The molecule has 1 aromatic carbocycles. The summed E-state index contributed by atoms with van der Waals surface area (Å²) in [5, 5.41) is 9.96. The second kappa shape index (κ2) is 15.4. The third-order valence-corrected chi connectivity index (χ3v) is 4.88. The molecule has 0 unspecified atom stereocenters. The number of nitrogens with one attached hydrogen (secondary N) is 3. The monoisotopic (exact) mass is 517 g/mol. The van der Waals surface area contributed by atoms with Crippen molar-refractivity contribution in [3.8, 4) is 0 Å². The van der Waals surface area contributed by atoms with E-state index in [1.807, 2.05) is 30.3 Å². The van der Waals surface area contributed by atoms with E-state index >= 15 is 0 Å². The van der Waals surface area contributed by atoms with Crippen LogP contribution < -0.4 is 16.0 Å². The summed E-state index contributed by atoms with van der Waals surface area (Å²) in [5.41, 5.74) is 0. The number of hydrogen-bond donors (Lipinski definition) is 3. The van der Waals surface area contributed by atoms with Crippen LogP contribution in [0.3, 0.4) is 0 Å². The van der Waals surface area contributed by atoms with Gasteiger partial charge in [0.25, 0.3) is 0 Å². The Morgan fingerprint density at radius 3 is 2.39 bits per heavy atom. The smallest absolute Gasteiger partial charge is 0.190 e. The zero-order valence-electron chi connectivity index (χ0n) is 16.2. The van der Waals surface area contributed by atoms with Gasteiger partial charge in [0.05, 0.1) is 0 Å². The lowest BCUT2D eigenvalue weighted by Gasteiger charge is -2.12. The molecule has 154 valence electrons. The molecule has 3 N–H and O–H groups in total. The Morgan fingerprint density at radius 1 is 1.00 bits per heavy atom. The molecule has 2 rings (SSSR count). The molecule has 1 aromatic heterocycles. The molecule has 0 aliphatic heterocycles. The van der Waals surface area contributed by atoms with Crippen molar-refractivity contribution in [2.75, 3.05) is 37.8 Å². The van der Waals surface area contributed by atoms with Gasteiger partial charge >= 0.3 is 0 Å². The quantitative estimate of drug-likeness (QED) is 0.136. The number of hydrogen-bond acceptors (Lipinski definition) is 4. The highest BCUT2D eigenvalue weighted by molar-refractivity contribution is 14.0. The first kappa shape index (κ1) is 24.5. The summed E-state index contributed by atoms with van der Waals surface area (Å²) in [4.78, 5) is 9.57. The van der Waals surface area contributed by atoms with Crippen LogP contribution in [0.5, 0.6) is 0 Å². The molecule has 0 aliphatic carbocycles. The number of thioether (sulfide) groups is 1. The number of pyridine rings is 1. The molecule has 0 bridgehead atoms. The average Bonchev–Trinajstić information content (AvgIpc) is 2.71. The lowest BCUT2D eigenvalue weighted by atomic mass is 10.3. The second-order valence-electron chi connectivity index (χ2n) is 5.93. The molecule has 8 heteroatoms. The first-order chi connectivity index (χ1) is 13.3. The van der Waals surface area contributed by atoms with Gasteiger partial charge in [-0.15, -0.1) is 35.7 Å². The van der Waals surface area contributed by atoms with Gasteiger partial charge in [0.1, 0.15) is 11.6 Å². The van der Waals surface area contributed by atoms with E-state index in [2.05, 4.69) is 25.9 Å². The number of aromatic nitrogens is 1. The molecule has 0 saturated carbocycles. The minimum Gasteiger partial charge on any atom is -0.370 e. The molecule has 1 heterocycles. The van der Waals surface area contributed by atoms with Gasteiger partial charge in [-0.1, -0.05) is 6.07 Å². The van der Waals surface area contributed by atoms with Gasteiger partial charge in [0, 0.05) is 37.8 Å². The Bertz CT molecular complexity index is 670. The van der Waals surface area contributed by atoms with Crippen LogP contribution in [0.25, 0.3) is 0 Å². The predicted molar refractivity (Wildman–Crippen MR) is 128 cm³/mol.